The van der Waals surface area contributed by atoms with Crippen LogP contribution in [0.3, 0.4) is 0 Å². The summed E-state index contributed by atoms with van der Waals surface area (Å²) in [6.07, 6.45) is 18.5. The van der Waals surface area contributed by atoms with Gasteiger partial charge in [-0.05, 0) is 117 Å². The Hall–Kier alpha value is -6.90. The molecule has 284 valence electrons. The van der Waals surface area contributed by atoms with Gasteiger partial charge >= 0.3 is 0 Å². The van der Waals surface area contributed by atoms with Crippen LogP contribution in [0, 0.1) is 33.1 Å². The number of allylic oxidation sites excluding steroid dienone is 6. The van der Waals surface area contributed by atoms with Crippen LogP contribution in [0.5, 0.6) is 0 Å². The second-order valence-electron chi connectivity index (χ2n) is 15.5. The van der Waals surface area contributed by atoms with Crippen LogP contribution < -0.4 is 9.80 Å². The Morgan fingerprint density at radius 1 is 0.362 bits per heavy atom. The lowest BCUT2D eigenvalue weighted by Crippen LogP contribution is -2.12. The second kappa shape index (κ2) is 17.1. The molecular weight excluding hydrogens is 701 g/mol. The summed E-state index contributed by atoms with van der Waals surface area (Å²) in [7, 11) is 0. The molecule has 0 fully saturated rings. The fourth-order valence-corrected chi connectivity index (χ4v) is 7.46. The van der Waals surface area contributed by atoms with Gasteiger partial charge in [-0.15, -0.1) is 0 Å². The summed E-state index contributed by atoms with van der Waals surface area (Å²) in [5.74, 6) is 0.235. The average molecular weight is 751 g/mol. The third-order valence-electron chi connectivity index (χ3n) is 11.0. The summed E-state index contributed by atoms with van der Waals surface area (Å²) in [6.45, 7) is 8.52. The third-order valence-corrected chi connectivity index (χ3v) is 11.0. The van der Waals surface area contributed by atoms with Crippen molar-refractivity contribution >= 4 is 46.3 Å². The van der Waals surface area contributed by atoms with Gasteiger partial charge in [-0.1, -0.05) is 174 Å². The Morgan fingerprint density at radius 2 is 0.655 bits per heavy atom. The number of benzene rings is 7. The Bertz CT molecular complexity index is 2280. The van der Waals surface area contributed by atoms with Crippen LogP contribution >= 0.6 is 0 Å². The molecule has 0 aliphatic heterocycles. The van der Waals surface area contributed by atoms with Crippen LogP contribution in [-0.2, 0) is 0 Å². The van der Waals surface area contributed by atoms with Gasteiger partial charge in [-0.3, -0.25) is 0 Å². The van der Waals surface area contributed by atoms with E-state index < -0.39 is 5.41 Å². The average Bonchev–Trinajstić information content (AvgIpc) is 3.26. The molecule has 0 bridgehead atoms. The first-order valence-electron chi connectivity index (χ1n) is 20.2. The van der Waals surface area contributed by atoms with Gasteiger partial charge in [0.15, 0.2) is 0 Å². The van der Waals surface area contributed by atoms with Gasteiger partial charge in [0.1, 0.15) is 0 Å². The van der Waals surface area contributed by atoms with E-state index >= 15 is 0 Å². The maximum Gasteiger partial charge on any atom is 0.0462 e. The molecule has 0 atom stereocenters. The van der Waals surface area contributed by atoms with Crippen molar-refractivity contribution in [3.63, 3.8) is 0 Å². The highest BCUT2D eigenvalue weighted by atomic mass is 15.1. The number of rotatable bonds is 11. The molecule has 8 rings (SSSR count). The van der Waals surface area contributed by atoms with Crippen molar-refractivity contribution in [2.75, 3.05) is 9.80 Å². The number of anilines is 6. The summed E-state index contributed by atoms with van der Waals surface area (Å²) in [6, 6.07) is 63.4. The molecular formula is C56H50N2. The molecule has 1 aliphatic carbocycles. The van der Waals surface area contributed by atoms with Crippen LogP contribution in [0.1, 0.15) is 44.9 Å². The Labute approximate surface area is 345 Å². The number of aryl methyl sites for hydroxylation is 4. The van der Waals surface area contributed by atoms with E-state index in [-0.39, 0.29) is 5.92 Å². The molecule has 2 nitrogen and oxygen atoms in total. The van der Waals surface area contributed by atoms with E-state index in [1.807, 2.05) is 0 Å². The van der Waals surface area contributed by atoms with E-state index in [0.29, 0.717) is 0 Å². The first kappa shape index (κ1) is 38.0. The fraction of sp³-hybridized carbons (Fsp3) is 0.107. The minimum absolute atomic E-state index is 0.235. The van der Waals surface area contributed by atoms with Crippen molar-refractivity contribution < 1.29 is 0 Å². The molecule has 0 spiro atoms. The highest BCUT2D eigenvalue weighted by molar-refractivity contribution is 5.79. The lowest BCUT2D eigenvalue weighted by Gasteiger charge is -2.26. The minimum atomic E-state index is -0.395. The van der Waals surface area contributed by atoms with E-state index in [0.717, 1.165) is 45.3 Å². The Balaban J connectivity index is 1.08. The van der Waals surface area contributed by atoms with Crippen LogP contribution in [0.2, 0.25) is 0 Å². The zero-order valence-electron chi connectivity index (χ0n) is 33.8. The molecule has 0 aromatic heterocycles. The lowest BCUT2D eigenvalue weighted by molar-refractivity contribution is 0.789. The van der Waals surface area contributed by atoms with Crippen molar-refractivity contribution in [1.82, 2.24) is 0 Å². The second-order valence-corrected chi connectivity index (χ2v) is 15.5. The predicted molar refractivity (Wildman–Crippen MR) is 249 cm³/mol. The molecule has 0 heterocycles. The van der Waals surface area contributed by atoms with Gasteiger partial charge in [0, 0.05) is 45.5 Å². The molecule has 0 saturated heterocycles. The highest BCUT2D eigenvalue weighted by Gasteiger charge is 2.22. The van der Waals surface area contributed by atoms with Crippen molar-refractivity contribution in [1.29, 1.82) is 0 Å². The van der Waals surface area contributed by atoms with Gasteiger partial charge in [0.25, 0.3) is 0 Å². The van der Waals surface area contributed by atoms with Crippen molar-refractivity contribution in [3.05, 3.63) is 251 Å². The van der Waals surface area contributed by atoms with Crippen molar-refractivity contribution in [2.45, 2.75) is 33.6 Å². The molecule has 0 unspecified atom stereocenters. The largest absolute Gasteiger partial charge is 0.311 e. The van der Waals surface area contributed by atoms with Gasteiger partial charge in [0.2, 0.25) is 0 Å². The smallest absolute Gasteiger partial charge is 0.0462 e. The molecule has 7 aromatic rings. The van der Waals surface area contributed by atoms with E-state index in [1.54, 1.807) is 0 Å². The van der Waals surface area contributed by atoms with E-state index in [2.05, 4.69) is 262 Å². The molecule has 0 saturated carbocycles. The standard InChI is InChI=1S/C56H50N2/c1-42-10-22-50(23-11-42)57(51-24-12-43(2)13-25-51)54-30-18-46(19-31-54)34-38-56(40-36-49(37-41-56)48-8-6-5-7-9-48)39-35-47-20-32-55(33-21-47)58(52-26-14-44(3)15-27-52)53-28-16-45(4)17-29-53/h5-41,49H,1-4H3/b38-34+,39-35+. The van der Waals surface area contributed by atoms with Crippen LogP contribution in [0.15, 0.2) is 212 Å². The van der Waals surface area contributed by atoms with Gasteiger partial charge in [-0.25, -0.2) is 0 Å². The zero-order chi connectivity index (χ0) is 39.9. The first-order chi connectivity index (χ1) is 28.3. The minimum Gasteiger partial charge on any atom is -0.311 e. The van der Waals surface area contributed by atoms with Gasteiger partial charge < -0.3 is 9.80 Å². The number of hydrogen-bond acceptors (Lipinski definition) is 2. The molecule has 0 radical (unpaired) electrons. The van der Waals surface area contributed by atoms with E-state index in [9.17, 15) is 0 Å². The quantitative estimate of drug-likeness (QED) is 0.122. The maximum atomic E-state index is 2.34. The first-order valence-corrected chi connectivity index (χ1v) is 20.2. The number of nitrogens with zero attached hydrogens (tertiary/aromatic N) is 2. The Morgan fingerprint density at radius 3 is 0.966 bits per heavy atom. The van der Waals surface area contributed by atoms with Crippen LogP contribution in [0.4, 0.5) is 34.1 Å². The predicted octanol–water partition coefficient (Wildman–Crippen LogP) is 15.5. The molecule has 0 amide bonds. The summed E-state index contributed by atoms with van der Waals surface area (Å²) in [5, 5.41) is 0. The molecule has 7 aromatic carbocycles. The molecule has 58 heavy (non-hydrogen) atoms. The maximum absolute atomic E-state index is 2.34. The zero-order valence-corrected chi connectivity index (χ0v) is 33.8. The summed E-state index contributed by atoms with van der Waals surface area (Å²) < 4.78 is 0. The monoisotopic (exact) mass is 750 g/mol. The normalized spacial score (nSPS) is 13.7. The van der Waals surface area contributed by atoms with Gasteiger partial charge in [0.05, 0.1) is 0 Å². The molecule has 1 aliphatic rings. The lowest BCUT2D eigenvalue weighted by atomic mass is 9.78. The Kier molecular flexibility index (Phi) is 11.2. The fourth-order valence-electron chi connectivity index (χ4n) is 7.46. The summed E-state index contributed by atoms with van der Waals surface area (Å²) in [5.41, 5.74) is 15.0. The van der Waals surface area contributed by atoms with Crippen LogP contribution in [0.25, 0.3) is 12.2 Å². The topological polar surface area (TPSA) is 6.48 Å². The van der Waals surface area contributed by atoms with Crippen molar-refractivity contribution in [2.24, 2.45) is 5.41 Å². The summed E-state index contributed by atoms with van der Waals surface area (Å²) in [4.78, 5) is 4.64. The SMILES string of the molecule is Cc1ccc(N(c2ccc(C)cc2)c2ccc(/C=C/C3(/C=C/c4ccc(N(c5ccc(C)cc5)c5ccc(C)cc5)cc4)C=CC(c4ccccc4)C=C3)cc2)cc1. The van der Waals surface area contributed by atoms with E-state index in [4.69, 9.17) is 0 Å². The van der Waals surface area contributed by atoms with Gasteiger partial charge in [-0.2, -0.15) is 0 Å². The van der Waals surface area contributed by atoms with Crippen molar-refractivity contribution in [3.8, 4) is 0 Å². The van der Waals surface area contributed by atoms with E-state index in [1.165, 1.54) is 27.8 Å². The third kappa shape index (κ3) is 8.88. The van der Waals surface area contributed by atoms with Crippen LogP contribution in [-0.4, -0.2) is 0 Å². The molecule has 2 heteroatoms. The number of hydrogen-bond donors (Lipinski definition) is 0. The summed E-state index contributed by atoms with van der Waals surface area (Å²) >= 11 is 0. The molecule has 0 N–H and O–H groups in total. The highest BCUT2D eigenvalue weighted by Crippen LogP contribution is 2.39.